The first-order valence-corrected chi connectivity index (χ1v) is 12.1. The van der Waals surface area contributed by atoms with Gasteiger partial charge >= 0.3 is 0 Å². The molecule has 9 heteroatoms. The van der Waals surface area contributed by atoms with Crippen LogP contribution in [0.3, 0.4) is 0 Å². The normalized spacial score (nSPS) is 16.4. The number of amidine groups is 2. The number of carbonyl (C=O) groups excluding carboxylic acids is 1. The fourth-order valence-corrected chi connectivity index (χ4v) is 4.64. The number of thioether (sulfide) groups is 1. The molecule has 182 valence electrons. The molecule has 35 heavy (non-hydrogen) atoms. The lowest BCUT2D eigenvalue weighted by Crippen LogP contribution is -2.35. The van der Waals surface area contributed by atoms with Crippen LogP contribution < -0.4 is 14.2 Å². The van der Waals surface area contributed by atoms with Crippen molar-refractivity contribution in [3.8, 4) is 17.2 Å². The first-order chi connectivity index (χ1) is 16.8. The Morgan fingerprint density at radius 1 is 1.11 bits per heavy atom. The van der Waals surface area contributed by atoms with Gasteiger partial charge in [-0.25, -0.2) is 0 Å². The molecule has 0 unspecified atom stereocenters. The number of hydrogen-bond donors (Lipinski definition) is 1. The molecule has 0 radical (unpaired) electrons. The SMILES string of the molecule is COc1cc(/C=C2\C(=N)N3N=C(CC(C)C)SC3=NC2=O)ccc1OCCOc1cccc(C)c1. The van der Waals surface area contributed by atoms with E-state index in [0.717, 1.165) is 22.8 Å². The maximum Gasteiger partial charge on any atom is 0.283 e. The number of ether oxygens (including phenoxy) is 3. The Balaban J connectivity index is 1.44. The summed E-state index contributed by atoms with van der Waals surface area (Å²) in [5, 5.41) is 15.7. The van der Waals surface area contributed by atoms with Gasteiger partial charge in [-0.15, -0.1) is 0 Å². The summed E-state index contributed by atoms with van der Waals surface area (Å²) in [4.78, 5) is 16.8. The number of nitrogens with zero attached hydrogens (tertiary/aromatic N) is 3. The number of hydrazone groups is 1. The van der Waals surface area contributed by atoms with E-state index >= 15 is 0 Å². The first kappa shape index (κ1) is 24.5. The number of amides is 1. The van der Waals surface area contributed by atoms with Crippen molar-refractivity contribution in [1.29, 1.82) is 5.41 Å². The summed E-state index contributed by atoms with van der Waals surface area (Å²) in [5.74, 6) is 1.85. The van der Waals surface area contributed by atoms with E-state index in [0.29, 0.717) is 41.4 Å². The lowest BCUT2D eigenvalue weighted by atomic mass is 10.1. The molecule has 0 bridgehead atoms. The van der Waals surface area contributed by atoms with Gasteiger partial charge in [-0.3, -0.25) is 10.2 Å². The number of methoxy groups -OCH3 is 1. The summed E-state index contributed by atoms with van der Waals surface area (Å²) in [6, 6.07) is 13.2. The summed E-state index contributed by atoms with van der Waals surface area (Å²) < 4.78 is 17.0. The Kier molecular flexibility index (Phi) is 7.55. The van der Waals surface area contributed by atoms with Gasteiger partial charge in [-0.2, -0.15) is 15.1 Å². The highest BCUT2D eigenvalue weighted by atomic mass is 32.2. The predicted octanol–water partition coefficient (Wildman–Crippen LogP) is 5.13. The molecule has 0 aliphatic carbocycles. The van der Waals surface area contributed by atoms with Gasteiger partial charge < -0.3 is 14.2 Å². The van der Waals surface area contributed by atoms with Gasteiger partial charge in [0, 0.05) is 6.42 Å². The number of nitrogens with one attached hydrogen (secondary N) is 1. The van der Waals surface area contributed by atoms with E-state index in [4.69, 9.17) is 19.6 Å². The van der Waals surface area contributed by atoms with Gasteiger partial charge in [0.15, 0.2) is 17.3 Å². The maximum atomic E-state index is 12.7. The molecule has 0 saturated carbocycles. The van der Waals surface area contributed by atoms with Crippen molar-refractivity contribution in [3.05, 3.63) is 59.2 Å². The van der Waals surface area contributed by atoms with Crippen LogP contribution in [0.5, 0.6) is 17.2 Å². The van der Waals surface area contributed by atoms with Crippen molar-refractivity contribution >= 4 is 39.8 Å². The van der Waals surface area contributed by atoms with E-state index in [2.05, 4.69) is 23.9 Å². The zero-order valence-electron chi connectivity index (χ0n) is 20.2. The van der Waals surface area contributed by atoms with Crippen molar-refractivity contribution in [1.82, 2.24) is 5.01 Å². The monoisotopic (exact) mass is 492 g/mol. The Bertz CT molecular complexity index is 1240. The third-order valence-electron chi connectivity index (χ3n) is 5.18. The summed E-state index contributed by atoms with van der Waals surface area (Å²) in [7, 11) is 1.55. The zero-order valence-corrected chi connectivity index (χ0v) is 21.0. The highest BCUT2D eigenvalue weighted by molar-refractivity contribution is 8.26. The fourth-order valence-electron chi connectivity index (χ4n) is 3.54. The number of hydrogen-bond acceptors (Lipinski definition) is 7. The van der Waals surface area contributed by atoms with Crippen LogP contribution in [0, 0.1) is 18.3 Å². The van der Waals surface area contributed by atoms with Crippen molar-refractivity contribution < 1.29 is 19.0 Å². The third kappa shape index (κ3) is 5.92. The molecule has 2 heterocycles. The van der Waals surface area contributed by atoms with E-state index in [1.165, 1.54) is 16.8 Å². The van der Waals surface area contributed by atoms with E-state index in [1.54, 1.807) is 31.4 Å². The van der Waals surface area contributed by atoms with Crippen molar-refractivity contribution in [2.45, 2.75) is 27.2 Å². The Morgan fingerprint density at radius 2 is 1.91 bits per heavy atom. The first-order valence-electron chi connectivity index (χ1n) is 11.3. The molecule has 2 aliphatic heterocycles. The number of carbonyl (C=O) groups is 1. The van der Waals surface area contributed by atoms with Crippen LogP contribution in [-0.2, 0) is 4.79 Å². The minimum Gasteiger partial charge on any atom is -0.493 e. The molecule has 0 aromatic heterocycles. The minimum absolute atomic E-state index is 0.0128. The van der Waals surface area contributed by atoms with E-state index < -0.39 is 5.91 Å². The predicted molar refractivity (Wildman–Crippen MR) is 140 cm³/mol. The molecule has 0 fully saturated rings. The van der Waals surface area contributed by atoms with Crippen LogP contribution in [-0.4, -0.2) is 47.3 Å². The maximum absolute atomic E-state index is 12.7. The Morgan fingerprint density at radius 3 is 2.66 bits per heavy atom. The summed E-state index contributed by atoms with van der Waals surface area (Å²) in [6.07, 6.45) is 2.40. The second-order valence-electron chi connectivity index (χ2n) is 8.54. The molecule has 0 atom stereocenters. The number of aliphatic imine (C=N–C) groups is 1. The van der Waals surface area contributed by atoms with Crippen LogP contribution >= 0.6 is 11.8 Å². The zero-order chi connectivity index (χ0) is 24.9. The number of aryl methyl sites for hydroxylation is 1. The van der Waals surface area contributed by atoms with Gasteiger partial charge in [0.1, 0.15) is 24.0 Å². The van der Waals surface area contributed by atoms with E-state index in [9.17, 15) is 4.79 Å². The van der Waals surface area contributed by atoms with Crippen LogP contribution in [0.15, 0.2) is 58.1 Å². The molecule has 2 aromatic carbocycles. The highest BCUT2D eigenvalue weighted by Gasteiger charge is 2.35. The van der Waals surface area contributed by atoms with Gasteiger partial charge in [0.25, 0.3) is 5.91 Å². The Labute approximate surface area is 209 Å². The lowest BCUT2D eigenvalue weighted by molar-refractivity contribution is -0.114. The molecule has 2 aliphatic rings. The topological polar surface area (TPSA) is 96.6 Å². The summed E-state index contributed by atoms with van der Waals surface area (Å²) in [6.45, 7) is 6.94. The van der Waals surface area contributed by atoms with Crippen LogP contribution in [0.2, 0.25) is 0 Å². The molecular formula is C26H28N4O4S. The summed E-state index contributed by atoms with van der Waals surface area (Å²) >= 11 is 1.35. The van der Waals surface area contributed by atoms with Crippen LogP contribution in [0.4, 0.5) is 0 Å². The van der Waals surface area contributed by atoms with Crippen LogP contribution in [0.1, 0.15) is 31.4 Å². The van der Waals surface area contributed by atoms with Crippen LogP contribution in [0.25, 0.3) is 6.08 Å². The van der Waals surface area contributed by atoms with Crippen molar-refractivity contribution in [2.24, 2.45) is 16.0 Å². The molecule has 0 saturated heterocycles. The molecule has 4 rings (SSSR count). The average Bonchev–Trinajstić information content (AvgIpc) is 3.21. The number of rotatable bonds is 9. The molecular weight excluding hydrogens is 464 g/mol. The third-order valence-corrected chi connectivity index (χ3v) is 6.11. The lowest BCUT2D eigenvalue weighted by Gasteiger charge is -2.20. The van der Waals surface area contributed by atoms with Crippen molar-refractivity contribution in [2.75, 3.05) is 20.3 Å². The standard InChI is InChI=1S/C26H28N4O4S/c1-16(2)12-23-29-30-24(27)20(25(31)28-26(30)35-23)14-18-8-9-21(22(15-18)32-4)34-11-10-33-19-7-5-6-17(3)13-19/h5-9,13-16,27H,10-12H2,1-4H3/b20-14+,27-24?. The van der Waals surface area contributed by atoms with E-state index in [-0.39, 0.29) is 11.4 Å². The van der Waals surface area contributed by atoms with Gasteiger partial charge in [-0.05, 0) is 66.1 Å². The van der Waals surface area contributed by atoms with Gasteiger partial charge in [0.05, 0.1) is 12.7 Å². The largest absolute Gasteiger partial charge is 0.493 e. The summed E-state index contributed by atoms with van der Waals surface area (Å²) in [5.41, 5.74) is 1.99. The average molecular weight is 493 g/mol. The molecule has 1 amide bonds. The molecule has 8 nitrogen and oxygen atoms in total. The molecule has 1 N–H and O–H groups in total. The van der Waals surface area contributed by atoms with Gasteiger partial charge in [-0.1, -0.05) is 32.0 Å². The molecule has 2 aromatic rings. The van der Waals surface area contributed by atoms with E-state index in [1.807, 2.05) is 31.2 Å². The van der Waals surface area contributed by atoms with Crippen molar-refractivity contribution in [3.63, 3.8) is 0 Å². The number of benzene rings is 2. The quantitative estimate of drug-likeness (QED) is 0.385. The molecule has 0 spiro atoms. The minimum atomic E-state index is -0.456. The Hall–Kier alpha value is -3.59. The van der Waals surface area contributed by atoms with Gasteiger partial charge in [0.2, 0.25) is 5.17 Å². The second kappa shape index (κ2) is 10.8. The number of fused-ring (bicyclic) bond motifs is 1. The highest BCUT2D eigenvalue weighted by Crippen LogP contribution is 2.32. The second-order valence-corrected chi connectivity index (χ2v) is 9.58. The fraction of sp³-hybridized carbons (Fsp3) is 0.308. The smallest absolute Gasteiger partial charge is 0.283 e.